The number of ether oxygens (including phenoxy) is 1. The molecule has 1 aliphatic carbocycles. The van der Waals surface area contributed by atoms with E-state index in [2.05, 4.69) is 19.8 Å². The van der Waals surface area contributed by atoms with Crippen molar-refractivity contribution in [1.82, 2.24) is 19.8 Å². The summed E-state index contributed by atoms with van der Waals surface area (Å²) in [6.07, 6.45) is 8.08. The van der Waals surface area contributed by atoms with Crippen LogP contribution < -0.4 is 4.90 Å². The fourth-order valence-corrected chi connectivity index (χ4v) is 5.61. The standard InChI is InChI=1S/C24H30FN5O2/c1-2-32-23(31)30-16-24(17-30)6-3-20(14-24)28-9-11-29(12-10-28)21-13-19(25)15-27-22(21)18-4-7-26-8-5-18/h4-5,7-8,13,15,20H,2-3,6,9-12,14,16-17H2,1H3/t20-/m1/s1. The molecule has 4 heterocycles. The highest BCUT2D eigenvalue weighted by Gasteiger charge is 2.51. The average molecular weight is 440 g/mol. The van der Waals surface area contributed by atoms with Crippen LogP contribution in [0.4, 0.5) is 14.9 Å². The van der Waals surface area contributed by atoms with Crippen molar-refractivity contribution in [2.75, 3.05) is 50.8 Å². The average Bonchev–Trinajstić information content (AvgIpc) is 3.25. The number of piperazine rings is 1. The maximum absolute atomic E-state index is 14.1. The van der Waals surface area contributed by atoms with Crippen molar-refractivity contribution < 1.29 is 13.9 Å². The van der Waals surface area contributed by atoms with Gasteiger partial charge in [-0.25, -0.2) is 9.18 Å². The van der Waals surface area contributed by atoms with Crippen LogP contribution in [0.15, 0.2) is 36.8 Å². The summed E-state index contributed by atoms with van der Waals surface area (Å²) in [7, 11) is 0. The van der Waals surface area contributed by atoms with Crippen LogP contribution in [0.3, 0.4) is 0 Å². The van der Waals surface area contributed by atoms with E-state index in [1.54, 1.807) is 18.5 Å². The lowest BCUT2D eigenvalue weighted by Crippen LogP contribution is -2.58. The van der Waals surface area contributed by atoms with Gasteiger partial charge in [-0.15, -0.1) is 0 Å². The quantitative estimate of drug-likeness (QED) is 0.728. The highest BCUT2D eigenvalue weighted by Crippen LogP contribution is 2.47. The zero-order valence-electron chi connectivity index (χ0n) is 18.5. The number of halogens is 1. The third kappa shape index (κ3) is 4.03. The Hall–Kier alpha value is -2.74. The topological polar surface area (TPSA) is 61.8 Å². The van der Waals surface area contributed by atoms with Crippen molar-refractivity contribution in [2.45, 2.75) is 32.2 Å². The molecule has 1 atom stereocenters. The summed E-state index contributed by atoms with van der Waals surface area (Å²) in [5.74, 6) is -0.311. The molecule has 1 spiro atoms. The summed E-state index contributed by atoms with van der Waals surface area (Å²) in [6.45, 7) is 7.53. The molecule has 170 valence electrons. The molecule has 3 aliphatic rings. The van der Waals surface area contributed by atoms with E-state index in [1.807, 2.05) is 24.0 Å². The van der Waals surface area contributed by atoms with Gasteiger partial charge in [-0.3, -0.25) is 14.9 Å². The van der Waals surface area contributed by atoms with Gasteiger partial charge in [-0.1, -0.05) is 0 Å². The predicted octanol–water partition coefficient (Wildman–Crippen LogP) is 3.42. The first-order valence-corrected chi connectivity index (χ1v) is 11.5. The van der Waals surface area contributed by atoms with Crippen LogP contribution in [0.2, 0.25) is 0 Å². The van der Waals surface area contributed by atoms with Crippen LogP contribution in [-0.2, 0) is 4.74 Å². The van der Waals surface area contributed by atoms with Gasteiger partial charge >= 0.3 is 6.09 Å². The van der Waals surface area contributed by atoms with Crippen LogP contribution >= 0.6 is 0 Å². The summed E-state index contributed by atoms with van der Waals surface area (Å²) in [6, 6.07) is 5.99. The van der Waals surface area contributed by atoms with Crippen LogP contribution in [-0.4, -0.2) is 77.8 Å². The highest BCUT2D eigenvalue weighted by molar-refractivity contribution is 5.75. The Balaban J connectivity index is 1.20. The van der Waals surface area contributed by atoms with E-state index in [-0.39, 0.29) is 17.3 Å². The highest BCUT2D eigenvalue weighted by atomic mass is 19.1. The third-order valence-electron chi connectivity index (χ3n) is 7.21. The third-order valence-corrected chi connectivity index (χ3v) is 7.21. The van der Waals surface area contributed by atoms with E-state index < -0.39 is 0 Å². The van der Waals surface area contributed by atoms with E-state index in [0.29, 0.717) is 12.6 Å². The monoisotopic (exact) mass is 439 g/mol. The number of likely N-dealkylation sites (tertiary alicyclic amines) is 1. The molecule has 8 heteroatoms. The summed E-state index contributed by atoms with van der Waals surface area (Å²) in [5.41, 5.74) is 2.87. The first kappa shape index (κ1) is 21.1. The van der Waals surface area contributed by atoms with Crippen LogP contribution in [0.5, 0.6) is 0 Å². The van der Waals surface area contributed by atoms with Crippen LogP contribution in [0.1, 0.15) is 26.2 Å². The Labute approximate surface area is 188 Å². The second-order valence-corrected chi connectivity index (χ2v) is 9.23. The Morgan fingerprint density at radius 3 is 2.69 bits per heavy atom. The van der Waals surface area contributed by atoms with Crippen LogP contribution in [0.25, 0.3) is 11.3 Å². The van der Waals surface area contributed by atoms with E-state index in [4.69, 9.17) is 4.74 Å². The number of carbonyl (C=O) groups is 1. The number of carbonyl (C=O) groups excluding carboxylic acids is 1. The fourth-order valence-electron chi connectivity index (χ4n) is 5.61. The Bertz CT molecular complexity index is 958. The Kier molecular flexibility index (Phi) is 5.71. The zero-order valence-corrected chi connectivity index (χ0v) is 18.5. The molecule has 1 amide bonds. The minimum atomic E-state index is -0.311. The summed E-state index contributed by atoms with van der Waals surface area (Å²) < 4.78 is 19.2. The van der Waals surface area contributed by atoms with Gasteiger partial charge in [-0.05, 0) is 38.3 Å². The number of pyridine rings is 2. The van der Waals surface area contributed by atoms with Crippen molar-refractivity contribution in [2.24, 2.45) is 5.41 Å². The lowest BCUT2D eigenvalue weighted by atomic mass is 9.78. The molecule has 0 unspecified atom stereocenters. The Morgan fingerprint density at radius 2 is 1.97 bits per heavy atom. The molecule has 0 aromatic carbocycles. The SMILES string of the molecule is CCOC(=O)N1CC2(CC[C@@H](N3CCN(c4cc(F)cnc4-c4ccncc4)CC3)C2)C1. The summed E-state index contributed by atoms with van der Waals surface area (Å²) in [5, 5.41) is 0. The fraction of sp³-hybridized carbons (Fsp3) is 0.542. The van der Waals surface area contributed by atoms with Gasteiger partial charge in [0.25, 0.3) is 0 Å². The lowest BCUT2D eigenvalue weighted by molar-refractivity contribution is -0.00294. The van der Waals surface area contributed by atoms with E-state index in [0.717, 1.165) is 62.6 Å². The molecule has 5 rings (SSSR count). The molecule has 32 heavy (non-hydrogen) atoms. The number of rotatable bonds is 4. The smallest absolute Gasteiger partial charge is 0.409 e. The zero-order chi connectivity index (χ0) is 22.1. The molecule has 7 nitrogen and oxygen atoms in total. The van der Waals surface area contributed by atoms with Gasteiger partial charge in [0.2, 0.25) is 0 Å². The lowest BCUT2D eigenvalue weighted by Gasteiger charge is -2.48. The molecular weight excluding hydrogens is 409 g/mol. The number of anilines is 1. The molecule has 0 bridgehead atoms. The van der Waals surface area contributed by atoms with Gasteiger partial charge in [0, 0.05) is 74.7 Å². The van der Waals surface area contributed by atoms with Gasteiger partial charge < -0.3 is 14.5 Å². The maximum atomic E-state index is 14.1. The molecule has 2 aliphatic heterocycles. The number of aromatic nitrogens is 2. The van der Waals surface area contributed by atoms with Gasteiger partial charge in [0.05, 0.1) is 24.2 Å². The van der Waals surface area contributed by atoms with Gasteiger partial charge in [0.15, 0.2) is 0 Å². The van der Waals surface area contributed by atoms with Crippen LogP contribution in [0, 0.1) is 11.2 Å². The first-order valence-electron chi connectivity index (χ1n) is 11.5. The molecule has 1 saturated carbocycles. The molecule has 3 fully saturated rings. The normalized spacial score (nSPS) is 22.8. The van der Waals surface area contributed by atoms with Crippen molar-refractivity contribution in [3.05, 3.63) is 42.6 Å². The second kappa shape index (κ2) is 8.65. The molecule has 0 radical (unpaired) electrons. The van der Waals surface area contributed by atoms with E-state index in [1.165, 1.54) is 19.0 Å². The van der Waals surface area contributed by atoms with Gasteiger partial charge in [0.1, 0.15) is 5.82 Å². The predicted molar refractivity (Wildman–Crippen MR) is 120 cm³/mol. The largest absolute Gasteiger partial charge is 0.450 e. The number of hydrogen-bond donors (Lipinski definition) is 0. The molecule has 2 aromatic rings. The van der Waals surface area contributed by atoms with Gasteiger partial charge in [-0.2, -0.15) is 0 Å². The number of hydrogen-bond acceptors (Lipinski definition) is 6. The van der Waals surface area contributed by atoms with Crippen molar-refractivity contribution in [3.63, 3.8) is 0 Å². The second-order valence-electron chi connectivity index (χ2n) is 9.23. The Morgan fingerprint density at radius 1 is 1.22 bits per heavy atom. The van der Waals surface area contributed by atoms with E-state index >= 15 is 0 Å². The number of amides is 1. The molecule has 2 aromatic heterocycles. The van der Waals surface area contributed by atoms with Crippen molar-refractivity contribution in [3.8, 4) is 11.3 Å². The maximum Gasteiger partial charge on any atom is 0.409 e. The molecular formula is C24H30FN5O2. The summed E-state index contributed by atoms with van der Waals surface area (Å²) >= 11 is 0. The molecule has 0 N–H and O–H groups in total. The molecule has 2 saturated heterocycles. The van der Waals surface area contributed by atoms with Crippen molar-refractivity contribution in [1.29, 1.82) is 0 Å². The minimum Gasteiger partial charge on any atom is -0.450 e. The number of nitrogens with zero attached hydrogens (tertiary/aromatic N) is 5. The van der Waals surface area contributed by atoms with E-state index in [9.17, 15) is 9.18 Å². The minimum absolute atomic E-state index is 0.177. The van der Waals surface area contributed by atoms with Crippen molar-refractivity contribution >= 4 is 11.8 Å². The summed E-state index contributed by atoms with van der Waals surface area (Å²) in [4.78, 5) is 27.1. The first-order chi connectivity index (χ1) is 15.6.